The van der Waals surface area contributed by atoms with Gasteiger partial charge in [-0.2, -0.15) is 0 Å². The van der Waals surface area contributed by atoms with E-state index >= 15 is 0 Å². The zero-order valence-corrected chi connectivity index (χ0v) is 15.3. The molecule has 0 radical (unpaired) electrons. The Kier molecular flexibility index (Phi) is 4.93. The van der Waals surface area contributed by atoms with Gasteiger partial charge in [-0.1, -0.05) is 19.1 Å². The minimum absolute atomic E-state index is 0.0574. The third-order valence-corrected chi connectivity index (χ3v) is 5.11. The summed E-state index contributed by atoms with van der Waals surface area (Å²) in [6, 6.07) is 11.5. The number of hydrogen-bond acceptors (Lipinski definition) is 4. The zero-order chi connectivity index (χ0) is 17.9. The average Bonchev–Trinajstić information content (AvgIpc) is 3.28. The van der Waals surface area contributed by atoms with Gasteiger partial charge in [-0.15, -0.1) is 0 Å². The Hall–Kier alpha value is -2.33. The van der Waals surface area contributed by atoms with Crippen LogP contribution in [0.5, 0.6) is 11.5 Å². The van der Waals surface area contributed by atoms with E-state index in [9.17, 15) is 4.79 Å². The molecular formula is C22H25NO3. The van der Waals surface area contributed by atoms with Gasteiger partial charge in [0.1, 0.15) is 18.1 Å². The minimum atomic E-state index is 0.0574. The van der Waals surface area contributed by atoms with Crippen molar-refractivity contribution in [2.75, 3.05) is 32.8 Å². The van der Waals surface area contributed by atoms with Crippen LogP contribution in [0.15, 0.2) is 36.4 Å². The van der Waals surface area contributed by atoms with Crippen LogP contribution in [0.25, 0.3) is 11.1 Å². The molecule has 0 unspecified atom stereocenters. The van der Waals surface area contributed by atoms with Crippen molar-refractivity contribution < 1.29 is 14.3 Å². The van der Waals surface area contributed by atoms with Crippen molar-refractivity contribution in [3.63, 3.8) is 0 Å². The highest BCUT2D eigenvalue weighted by molar-refractivity contribution is 6.22. The lowest BCUT2D eigenvalue weighted by atomic mass is 10.0. The first-order valence-corrected chi connectivity index (χ1v) is 9.58. The lowest BCUT2D eigenvalue weighted by Gasteiger charge is -2.16. The Labute approximate surface area is 154 Å². The van der Waals surface area contributed by atoms with Gasteiger partial charge in [0.15, 0.2) is 5.78 Å². The second-order valence-corrected chi connectivity index (χ2v) is 6.96. The van der Waals surface area contributed by atoms with Crippen LogP contribution in [0, 0.1) is 0 Å². The van der Waals surface area contributed by atoms with Crippen LogP contribution in [-0.2, 0) is 0 Å². The van der Waals surface area contributed by atoms with E-state index in [2.05, 4.69) is 11.8 Å². The predicted octanol–water partition coefficient (Wildman–Crippen LogP) is 4.16. The molecule has 1 aliphatic heterocycles. The third-order valence-electron chi connectivity index (χ3n) is 5.11. The predicted molar refractivity (Wildman–Crippen MR) is 102 cm³/mol. The van der Waals surface area contributed by atoms with Crippen LogP contribution in [-0.4, -0.2) is 43.5 Å². The molecule has 0 amide bonds. The van der Waals surface area contributed by atoms with Crippen molar-refractivity contribution in [1.29, 1.82) is 0 Å². The molecule has 2 aromatic carbocycles. The summed E-state index contributed by atoms with van der Waals surface area (Å²) >= 11 is 0. The van der Waals surface area contributed by atoms with Crippen LogP contribution >= 0.6 is 0 Å². The first kappa shape index (κ1) is 17.1. The van der Waals surface area contributed by atoms with E-state index < -0.39 is 0 Å². The van der Waals surface area contributed by atoms with Crippen LogP contribution in [0.2, 0.25) is 0 Å². The number of carbonyl (C=O) groups is 1. The number of ether oxygens (including phenoxy) is 2. The van der Waals surface area contributed by atoms with E-state index in [0.29, 0.717) is 18.8 Å². The maximum absolute atomic E-state index is 12.8. The Morgan fingerprint density at radius 3 is 2.62 bits per heavy atom. The lowest BCUT2D eigenvalue weighted by Crippen LogP contribution is -2.25. The lowest BCUT2D eigenvalue weighted by molar-refractivity contribution is 0.104. The van der Waals surface area contributed by atoms with Crippen molar-refractivity contribution in [3.8, 4) is 22.6 Å². The normalized spacial score (nSPS) is 15.8. The first-order valence-electron chi connectivity index (χ1n) is 9.58. The van der Waals surface area contributed by atoms with Gasteiger partial charge in [0.2, 0.25) is 0 Å². The molecule has 4 nitrogen and oxygen atoms in total. The molecular weight excluding hydrogens is 326 g/mol. The fourth-order valence-corrected chi connectivity index (χ4v) is 3.79. The Morgan fingerprint density at radius 2 is 1.81 bits per heavy atom. The van der Waals surface area contributed by atoms with E-state index in [-0.39, 0.29) is 5.78 Å². The molecule has 26 heavy (non-hydrogen) atoms. The number of rotatable bonds is 7. The summed E-state index contributed by atoms with van der Waals surface area (Å²) in [5.41, 5.74) is 3.32. The largest absolute Gasteiger partial charge is 0.494 e. The van der Waals surface area contributed by atoms with Gasteiger partial charge in [0, 0.05) is 23.2 Å². The highest BCUT2D eigenvalue weighted by Gasteiger charge is 2.30. The molecule has 4 heteroatoms. The molecule has 2 aromatic rings. The number of benzene rings is 2. The summed E-state index contributed by atoms with van der Waals surface area (Å²) in [5.74, 6) is 1.61. The van der Waals surface area contributed by atoms with Crippen molar-refractivity contribution in [3.05, 3.63) is 47.5 Å². The molecule has 1 fully saturated rings. The van der Waals surface area contributed by atoms with Crippen molar-refractivity contribution >= 4 is 5.78 Å². The Bertz CT molecular complexity index is 809. The smallest absolute Gasteiger partial charge is 0.194 e. The molecule has 4 rings (SSSR count). The number of hydrogen-bond donors (Lipinski definition) is 0. The minimum Gasteiger partial charge on any atom is -0.494 e. The quantitative estimate of drug-likeness (QED) is 0.641. The molecule has 1 aliphatic carbocycles. The molecule has 1 saturated heterocycles. The van der Waals surface area contributed by atoms with Gasteiger partial charge >= 0.3 is 0 Å². The number of carbonyl (C=O) groups excluding carboxylic acids is 1. The summed E-state index contributed by atoms with van der Waals surface area (Å²) in [6.45, 7) is 6.65. The number of ketones is 1. The second kappa shape index (κ2) is 7.50. The molecule has 136 valence electrons. The van der Waals surface area contributed by atoms with Gasteiger partial charge in [-0.25, -0.2) is 0 Å². The molecule has 0 saturated carbocycles. The second-order valence-electron chi connectivity index (χ2n) is 6.96. The van der Waals surface area contributed by atoms with Gasteiger partial charge in [0.25, 0.3) is 0 Å². The van der Waals surface area contributed by atoms with Crippen molar-refractivity contribution in [2.45, 2.75) is 26.2 Å². The Morgan fingerprint density at radius 1 is 0.962 bits per heavy atom. The van der Waals surface area contributed by atoms with Gasteiger partial charge < -0.3 is 9.47 Å². The number of nitrogens with zero attached hydrogens (tertiary/aromatic N) is 1. The fourth-order valence-electron chi connectivity index (χ4n) is 3.79. The monoisotopic (exact) mass is 351 g/mol. The summed E-state index contributed by atoms with van der Waals surface area (Å²) < 4.78 is 11.8. The van der Waals surface area contributed by atoms with Gasteiger partial charge in [-0.3, -0.25) is 9.69 Å². The van der Waals surface area contributed by atoms with E-state index in [4.69, 9.17) is 9.47 Å². The third kappa shape index (κ3) is 3.21. The summed E-state index contributed by atoms with van der Waals surface area (Å²) in [4.78, 5) is 15.3. The van der Waals surface area contributed by atoms with Gasteiger partial charge in [-0.05, 0) is 62.2 Å². The summed E-state index contributed by atoms with van der Waals surface area (Å²) in [6.07, 6.45) is 3.51. The van der Waals surface area contributed by atoms with Crippen LogP contribution in [0.4, 0.5) is 0 Å². The van der Waals surface area contributed by atoms with Crippen LogP contribution < -0.4 is 9.47 Å². The molecule has 0 bridgehead atoms. The van der Waals surface area contributed by atoms with E-state index in [1.54, 1.807) is 0 Å². The number of likely N-dealkylation sites (tertiary alicyclic amines) is 1. The molecule has 1 heterocycles. The zero-order valence-electron chi connectivity index (χ0n) is 15.3. The maximum Gasteiger partial charge on any atom is 0.194 e. The molecule has 2 aliphatic rings. The average molecular weight is 351 g/mol. The Balaban J connectivity index is 1.56. The van der Waals surface area contributed by atoms with E-state index in [1.165, 1.54) is 12.8 Å². The summed E-state index contributed by atoms with van der Waals surface area (Å²) in [7, 11) is 0. The number of fused-ring (bicyclic) bond motifs is 3. The topological polar surface area (TPSA) is 38.8 Å². The highest BCUT2D eigenvalue weighted by atomic mass is 16.5. The SMILES string of the molecule is CCCOc1ccc2c(c1)C(=O)c1cccc(OCCN3CCCC3)c1-2. The molecule has 0 N–H and O–H groups in total. The van der Waals surface area contributed by atoms with Crippen LogP contribution in [0.3, 0.4) is 0 Å². The maximum atomic E-state index is 12.8. The highest BCUT2D eigenvalue weighted by Crippen LogP contribution is 2.43. The van der Waals surface area contributed by atoms with Gasteiger partial charge in [0.05, 0.1) is 6.61 Å². The molecule has 0 spiro atoms. The van der Waals surface area contributed by atoms with E-state index in [1.807, 2.05) is 36.4 Å². The molecule has 0 aromatic heterocycles. The van der Waals surface area contributed by atoms with Crippen LogP contribution in [0.1, 0.15) is 42.1 Å². The van der Waals surface area contributed by atoms with Crippen molar-refractivity contribution in [1.82, 2.24) is 4.90 Å². The fraction of sp³-hybridized carbons (Fsp3) is 0.409. The molecule has 0 atom stereocenters. The standard InChI is InChI=1S/C22H25NO3/c1-2-13-25-16-8-9-17-19(15-16)22(24)18-6-5-7-20(21(17)18)26-14-12-23-10-3-4-11-23/h5-9,15H,2-4,10-14H2,1H3. The summed E-state index contributed by atoms with van der Waals surface area (Å²) in [5, 5.41) is 0. The first-order chi connectivity index (χ1) is 12.8. The van der Waals surface area contributed by atoms with E-state index in [0.717, 1.165) is 54.2 Å². The van der Waals surface area contributed by atoms with Crippen molar-refractivity contribution in [2.24, 2.45) is 0 Å².